The third kappa shape index (κ3) is 3.00. The minimum atomic E-state index is 0.394. The maximum Gasteiger partial charge on any atom is 0.111 e. The molecule has 0 fully saturated rings. The van der Waals surface area contributed by atoms with Crippen LogP contribution >= 0.6 is 0 Å². The van der Waals surface area contributed by atoms with E-state index in [9.17, 15) is 0 Å². The van der Waals surface area contributed by atoms with Crippen molar-refractivity contribution in [3.05, 3.63) is 54.2 Å². The smallest absolute Gasteiger partial charge is 0.111 e. The van der Waals surface area contributed by atoms with Gasteiger partial charge in [-0.1, -0.05) is 12.1 Å². The SMILES string of the molecule is CNC(CCc1ccco1)Cc1nc2ccccc2n1C. The molecule has 0 aliphatic rings. The van der Waals surface area contributed by atoms with Crippen molar-refractivity contribution in [1.82, 2.24) is 14.9 Å². The van der Waals surface area contributed by atoms with Crippen LogP contribution in [-0.2, 0) is 19.9 Å². The molecule has 3 aromatic rings. The van der Waals surface area contributed by atoms with Crippen LogP contribution in [0.15, 0.2) is 47.1 Å². The first-order valence-corrected chi connectivity index (χ1v) is 7.38. The van der Waals surface area contributed by atoms with Crippen LogP contribution < -0.4 is 5.32 Å². The minimum Gasteiger partial charge on any atom is -0.469 e. The van der Waals surface area contributed by atoms with Gasteiger partial charge in [-0.15, -0.1) is 0 Å². The summed E-state index contributed by atoms with van der Waals surface area (Å²) in [5, 5.41) is 3.39. The van der Waals surface area contributed by atoms with E-state index in [4.69, 9.17) is 9.40 Å². The first-order valence-electron chi connectivity index (χ1n) is 7.38. The summed E-state index contributed by atoms with van der Waals surface area (Å²) >= 11 is 0. The molecule has 0 aliphatic heterocycles. The lowest BCUT2D eigenvalue weighted by Gasteiger charge is -2.15. The fourth-order valence-corrected chi connectivity index (χ4v) is 2.72. The van der Waals surface area contributed by atoms with Gasteiger partial charge in [0.2, 0.25) is 0 Å². The second-order valence-corrected chi connectivity index (χ2v) is 5.38. The molecule has 21 heavy (non-hydrogen) atoms. The number of hydrogen-bond donors (Lipinski definition) is 1. The number of aryl methyl sites for hydroxylation is 2. The van der Waals surface area contributed by atoms with Crippen LogP contribution in [0.3, 0.4) is 0 Å². The number of hydrogen-bond acceptors (Lipinski definition) is 3. The second kappa shape index (κ2) is 6.14. The second-order valence-electron chi connectivity index (χ2n) is 5.38. The summed E-state index contributed by atoms with van der Waals surface area (Å²) in [4.78, 5) is 4.74. The van der Waals surface area contributed by atoms with E-state index in [0.717, 1.165) is 36.4 Å². The van der Waals surface area contributed by atoms with Crippen molar-refractivity contribution in [2.75, 3.05) is 7.05 Å². The van der Waals surface area contributed by atoms with Gasteiger partial charge in [0, 0.05) is 25.9 Å². The summed E-state index contributed by atoms with van der Waals surface area (Å²) < 4.78 is 7.59. The molecule has 2 aromatic heterocycles. The molecule has 1 N–H and O–H groups in total. The minimum absolute atomic E-state index is 0.394. The highest BCUT2D eigenvalue weighted by Crippen LogP contribution is 2.16. The Morgan fingerprint density at radius 3 is 2.81 bits per heavy atom. The molecule has 0 aliphatic carbocycles. The van der Waals surface area contributed by atoms with Crippen molar-refractivity contribution in [2.45, 2.75) is 25.3 Å². The number of aromatic nitrogens is 2. The van der Waals surface area contributed by atoms with Crippen molar-refractivity contribution >= 4 is 11.0 Å². The topological polar surface area (TPSA) is 43.0 Å². The molecular formula is C17H21N3O. The predicted molar refractivity (Wildman–Crippen MR) is 84.3 cm³/mol. The first-order chi connectivity index (χ1) is 10.3. The molecule has 0 radical (unpaired) electrons. The fraction of sp³-hybridized carbons (Fsp3) is 0.353. The van der Waals surface area contributed by atoms with Crippen LogP contribution in [0.25, 0.3) is 11.0 Å². The number of likely N-dealkylation sites (N-methyl/N-ethyl adjacent to an activating group) is 1. The lowest BCUT2D eigenvalue weighted by molar-refractivity contribution is 0.454. The van der Waals surface area contributed by atoms with E-state index in [1.165, 1.54) is 5.52 Å². The van der Waals surface area contributed by atoms with Gasteiger partial charge >= 0.3 is 0 Å². The zero-order valence-corrected chi connectivity index (χ0v) is 12.5. The molecule has 1 aromatic carbocycles. The monoisotopic (exact) mass is 283 g/mol. The molecule has 0 amide bonds. The highest BCUT2D eigenvalue weighted by molar-refractivity contribution is 5.75. The van der Waals surface area contributed by atoms with Gasteiger partial charge in [0.25, 0.3) is 0 Å². The van der Waals surface area contributed by atoms with Crippen LogP contribution in [-0.4, -0.2) is 22.6 Å². The van der Waals surface area contributed by atoms with Gasteiger partial charge in [-0.25, -0.2) is 4.98 Å². The first kappa shape index (κ1) is 13.9. The highest BCUT2D eigenvalue weighted by atomic mass is 16.3. The quantitative estimate of drug-likeness (QED) is 0.756. The lowest BCUT2D eigenvalue weighted by atomic mass is 10.1. The van der Waals surface area contributed by atoms with Crippen molar-refractivity contribution in [2.24, 2.45) is 7.05 Å². The molecule has 2 heterocycles. The Bertz CT molecular complexity index is 700. The number of para-hydroxylation sites is 2. The van der Waals surface area contributed by atoms with E-state index in [-0.39, 0.29) is 0 Å². The van der Waals surface area contributed by atoms with E-state index in [0.29, 0.717) is 6.04 Å². The molecule has 110 valence electrons. The highest BCUT2D eigenvalue weighted by Gasteiger charge is 2.13. The molecular weight excluding hydrogens is 262 g/mol. The van der Waals surface area contributed by atoms with E-state index >= 15 is 0 Å². The number of benzene rings is 1. The van der Waals surface area contributed by atoms with Crippen molar-refractivity contribution < 1.29 is 4.42 Å². The number of rotatable bonds is 6. The Balaban J connectivity index is 1.71. The Morgan fingerprint density at radius 2 is 2.10 bits per heavy atom. The van der Waals surface area contributed by atoms with Gasteiger partial charge in [0.1, 0.15) is 11.6 Å². The van der Waals surface area contributed by atoms with Gasteiger partial charge in [-0.3, -0.25) is 0 Å². The molecule has 3 rings (SSSR count). The molecule has 0 bridgehead atoms. The Hall–Kier alpha value is -2.07. The average molecular weight is 283 g/mol. The van der Waals surface area contributed by atoms with Gasteiger partial charge in [0.05, 0.1) is 17.3 Å². The van der Waals surface area contributed by atoms with Crippen LogP contribution in [0.1, 0.15) is 18.0 Å². The van der Waals surface area contributed by atoms with E-state index in [1.54, 1.807) is 6.26 Å². The van der Waals surface area contributed by atoms with Crippen LogP contribution in [0.2, 0.25) is 0 Å². The molecule has 4 nitrogen and oxygen atoms in total. The summed E-state index contributed by atoms with van der Waals surface area (Å²) in [5.74, 6) is 2.16. The third-order valence-electron chi connectivity index (χ3n) is 4.04. The zero-order valence-electron chi connectivity index (χ0n) is 12.5. The number of nitrogens with zero attached hydrogens (tertiary/aromatic N) is 2. The van der Waals surface area contributed by atoms with Crippen molar-refractivity contribution in [3.63, 3.8) is 0 Å². The largest absolute Gasteiger partial charge is 0.469 e. The maximum atomic E-state index is 5.40. The molecule has 1 unspecified atom stereocenters. The summed E-state index contributed by atoms with van der Waals surface area (Å²) in [6.45, 7) is 0. The molecule has 1 atom stereocenters. The molecule has 0 spiro atoms. The number of imidazole rings is 1. The summed E-state index contributed by atoms with van der Waals surface area (Å²) in [5.41, 5.74) is 2.25. The predicted octanol–water partition coefficient (Wildman–Crippen LogP) is 2.93. The number of nitrogens with one attached hydrogen (secondary N) is 1. The molecule has 0 saturated heterocycles. The maximum absolute atomic E-state index is 5.40. The summed E-state index contributed by atoms with van der Waals surface area (Å²) in [7, 11) is 4.10. The van der Waals surface area contributed by atoms with E-state index in [1.807, 2.05) is 25.2 Å². The van der Waals surface area contributed by atoms with Crippen LogP contribution in [0.5, 0.6) is 0 Å². The van der Waals surface area contributed by atoms with Gasteiger partial charge in [-0.05, 0) is 37.7 Å². The fourth-order valence-electron chi connectivity index (χ4n) is 2.72. The standard InChI is InChI=1S/C17H21N3O/c1-18-13(9-10-14-6-5-11-21-14)12-17-19-15-7-3-4-8-16(15)20(17)2/h3-8,11,13,18H,9-10,12H2,1-2H3. The number of furan rings is 1. The Kier molecular flexibility index (Phi) is 4.06. The van der Waals surface area contributed by atoms with E-state index in [2.05, 4.69) is 35.1 Å². The summed E-state index contributed by atoms with van der Waals surface area (Å²) in [6, 6.07) is 12.6. The Morgan fingerprint density at radius 1 is 1.24 bits per heavy atom. The van der Waals surface area contributed by atoms with Gasteiger partial charge in [-0.2, -0.15) is 0 Å². The van der Waals surface area contributed by atoms with E-state index < -0.39 is 0 Å². The molecule has 0 saturated carbocycles. The normalized spacial score (nSPS) is 12.9. The zero-order chi connectivity index (χ0) is 14.7. The van der Waals surface area contributed by atoms with Gasteiger partial charge < -0.3 is 14.3 Å². The Labute approximate surface area is 124 Å². The van der Waals surface area contributed by atoms with Crippen molar-refractivity contribution in [3.8, 4) is 0 Å². The van der Waals surface area contributed by atoms with Crippen molar-refractivity contribution in [1.29, 1.82) is 0 Å². The van der Waals surface area contributed by atoms with Crippen LogP contribution in [0, 0.1) is 0 Å². The third-order valence-corrected chi connectivity index (χ3v) is 4.04. The lowest BCUT2D eigenvalue weighted by Crippen LogP contribution is -2.29. The van der Waals surface area contributed by atoms with Crippen LogP contribution in [0.4, 0.5) is 0 Å². The molecule has 4 heteroatoms. The summed E-state index contributed by atoms with van der Waals surface area (Å²) in [6.07, 6.45) is 4.63. The van der Waals surface area contributed by atoms with Gasteiger partial charge in [0.15, 0.2) is 0 Å². The average Bonchev–Trinajstić information content (AvgIpc) is 3.13. The number of fused-ring (bicyclic) bond motifs is 1.